The van der Waals surface area contributed by atoms with Crippen LogP contribution in [-0.4, -0.2) is 62.9 Å². The SMILES string of the molecule is C/C=C/c1ccc(Oc2ccc(S(=O)(=O)N3CCN(C)CC3)cc2[N+](=O)[O-])c(OC)c1. The van der Waals surface area contributed by atoms with Crippen LogP contribution in [-0.2, 0) is 10.0 Å². The number of nitro benzene ring substituents is 1. The molecule has 0 atom stereocenters. The molecule has 0 N–H and O–H groups in total. The first-order chi connectivity index (χ1) is 14.8. The summed E-state index contributed by atoms with van der Waals surface area (Å²) in [6, 6.07) is 8.86. The van der Waals surface area contributed by atoms with Crippen LogP contribution >= 0.6 is 0 Å². The van der Waals surface area contributed by atoms with Gasteiger partial charge in [-0.3, -0.25) is 10.1 Å². The number of rotatable bonds is 7. The standard InChI is InChI=1S/C21H25N3O6S/c1-4-5-16-6-8-20(21(14-16)29-3)30-19-9-7-17(15-18(19)24(25)26)31(27,28)23-12-10-22(2)11-13-23/h4-9,14-15H,10-13H2,1-3H3/b5-4+. The van der Waals surface area contributed by atoms with Crippen molar-refractivity contribution >= 4 is 21.8 Å². The molecule has 1 aliphatic heterocycles. The highest BCUT2D eigenvalue weighted by Gasteiger charge is 2.30. The van der Waals surface area contributed by atoms with E-state index in [1.807, 2.05) is 31.0 Å². The van der Waals surface area contributed by atoms with Crippen molar-refractivity contribution in [3.05, 3.63) is 58.2 Å². The first kappa shape index (κ1) is 22.7. The molecule has 0 radical (unpaired) electrons. The van der Waals surface area contributed by atoms with Gasteiger partial charge in [0.1, 0.15) is 0 Å². The highest BCUT2D eigenvalue weighted by molar-refractivity contribution is 7.89. The minimum atomic E-state index is -3.84. The molecule has 0 aliphatic carbocycles. The second kappa shape index (κ2) is 9.46. The van der Waals surface area contributed by atoms with Crippen molar-refractivity contribution in [1.82, 2.24) is 9.21 Å². The number of sulfonamides is 1. The number of hydrogen-bond donors (Lipinski definition) is 0. The zero-order valence-electron chi connectivity index (χ0n) is 17.6. The van der Waals surface area contributed by atoms with Gasteiger partial charge in [0.25, 0.3) is 0 Å². The van der Waals surface area contributed by atoms with Crippen molar-refractivity contribution in [2.24, 2.45) is 0 Å². The maximum Gasteiger partial charge on any atom is 0.312 e. The van der Waals surface area contributed by atoms with Crippen LogP contribution in [0.5, 0.6) is 17.2 Å². The number of methoxy groups -OCH3 is 1. The first-order valence-corrected chi connectivity index (χ1v) is 11.2. The van der Waals surface area contributed by atoms with Crippen LogP contribution in [0.4, 0.5) is 5.69 Å². The normalized spacial score (nSPS) is 15.8. The quantitative estimate of drug-likeness (QED) is 0.474. The van der Waals surface area contributed by atoms with Gasteiger partial charge in [0, 0.05) is 32.2 Å². The smallest absolute Gasteiger partial charge is 0.312 e. The van der Waals surface area contributed by atoms with Gasteiger partial charge >= 0.3 is 5.69 Å². The molecule has 2 aromatic carbocycles. The number of nitro groups is 1. The summed E-state index contributed by atoms with van der Waals surface area (Å²) in [6.07, 6.45) is 3.76. The van der Waals surface area contributed by atoms with Gasteiger partial charge in [-0.2, -0.15) is 4.31 Å². The van der Waals surface area contributed by atoms with E-state index >= 15 is 0 Å². The Labute approximate surface area is 181 Å². The average Bonchev–Trinajstić information content (AvgIpc) is 2.75. The Morgan fingerprint density at radius 1 is 1.03 bits per heavy atom. The van der Waals surface area contributed by atoms with E-state index < -0.39 is 20.6 Å². The minimum absolute atomic E-state index is 0.0700. The number of nitrogens with zero attached hydrogens (tertiary/aromatic N) is 3. The molecule has 10 heteroatoms. The maximum absolute atomic E-state index is 13.0. The summed E-state index contributed by atoms with van der Waals surface area (Å²) in [5, 5.41) is 11.7. The van der Waals surface area contributed by atoms with E-state index in [0.717, 1.165) is 11.6 Å². The van der Waals surface area contributed by atoms with Crippen molar-refractivity contribution in [2.45, 2.75) is 11.8 Å². The molecule has 1 fully saturated rings. The number of likely N-dealkylation sites (N-methyl/N-ethyl adjacent to an activating group) is 1. The van der Waals surface area contributed by atoms with Crippen LogP contribution < -0.4 is 9.47 Å². The van der Waals surface area contributed by atoms with Gasteiger partial charge in [-0.25, -0.2) is 8.42 Å². The predicted molar refractivity (Wildman–Crippen MR) is 117 cm³/mol. The monoisotopic (exact) mass is 447 g/mol. The van der Waals surface area contributed by atoms with Gasteiger partial charge in [0.2, 0.25) is 15.8 Å². The molecule has 1 aliphatic rings. The highest BCUT2D eigenvalue weighted by atomic mass is 32.2. The highest BCUT2D eigenvalue weighted by Crippen LogP contribution is 2.38. The predicted octanol–water partition coefficient (Wildman–Crippen LogP) is 3.36. The first-order valence-electron chi connectivity index (χ1n) is 9.72. The lowest BCUT2D eigenvalue weighted by atomic mass is 10.2. The van der Waals surface area contributed by atoms with E-state index in [1.54, 1.807) is 18.2 Å². The van der Waals surface area contributed by atoms with Crippen LogP contribution in [0.15, 0.2) is 47.4 Å². The molecule has 3 rings (SSSR count). The molecule has 0 unspecified atom stereocenters. The van der Waals surface area contributed by atoms with Crippen LogP contribution in [0.1, 0.15) is 12.5 Å². The summed E-state index contributed by atoms with van der Waals surface area (Å²) in [5.41, 5.74) is 0.449. The van der Waals surface area contributed by atoms with Gasteiger partial charge in [-0.05, 0) is 43.8 Å². The van der Waals surface area contributed by atoms with E-state index in [2.05, 4.69) is 0 Å². The molecule has 9 nitrogen and oxygen atoms in total. The van der Waals surface area contributed by atoms with Crippen molar-refractivity contribution in [2.75, 3.05) is 40.3 Å². The number of benzene rings is 2. The Bertz CT molecular complexity index is 1090. The average molecular weight is 448 g/mol. The molecule has 0 saturated carbocycles. The summed E-state index contributed by atoms with van der Waals surface area (Å²) < 4.78 is 38.3. The third-order valence-electron chi connectivity index (χ3n) is 4.99. The Morgan fingerprint density at radius 2 is 1.71 bits per heavy atom. The molecule has 0 bridgehead atoms. The molecule has 0 amide bonds. The number of ether oxygens (including phenoxy) is 2. The summed E-state index contributed by atoms with van der Waals surface area (Å²) in [5.74, 6) is 0.618. The van der Waals surface area contributed by atoms with Gasteiger partial charge in [-0.15, -0.1) is 0 Å². The lowest BCUT2D eigenvalue weighted by Crippen LogP contribution is -2.47. The van der Waals surface area contributed by atoms with Crippen LogP contribution in [0.3, 0.4) is 0 Å². The fourth-order valence-electron chi connectivity index (χ4n) is 3.25. The van der Waals surface area contributed by atoms with E-state index in [1.165, 1.54) is 23.5 Å². The molecule has 31 heavy (non-hydrogen) atoms. The Hall–Kier alpha value is -2.95. The Balaban J connectivity index is 1.94. The lowest BCUT2D eigenvalue weighted by Gasteiger charge is -2.31. The number of piperazine rings is 1. The second-order valence-electron chi connectivity index (χ2n) is 7.11. The van der Waals surface area contributed by atoms with Gasteiger partial charge in [-0.1, -0.05) is 18.2 Å². The largest absolute Gasteiger partial charge is 0.493 e. The minimum Gasteiger partial charge on any atom is -0.493 e. The van der Waals surface area contributed by atoms with E-state index in [-0.39, 0.29) is 16.4 Å². The molecule has 0 aromatic heterocycles. The van der Waals surface area contributed by atoms with Crippen molar-refractivity contribution in [3.8, 4) is 17.2 Å². The van der Waals surface area contributed by atoms with Gasteiger partial charge < -0.3 is 14.4 Å². The summed E-state index contributed by atoms with van der Waals surface area (Å²) in [4.78, 5) is 12.9. The molecule has 166 valence electrons. The van der Waals surface area contributed by atoms with E-state index in [9.17, 15) is 18.5 Å². The van der Waals surface area contributed by atoms with E-state index in [4.69, 9.17) is 9.47 Å². The second-order valence-corrected chi connectivity index (χ2v) is 9.04. The molecule has 0 spiro atoms. The zero-order valence-corrected chi connectivity index (χ0v) is 18.5. The Morgan fingerprint density at radius 3 is 2.32 bits per heavy atom. The lowest BCUT2D eigenvalue weighted by molar-refractivity contribution is -0.385. The van der Waals surface area contributed by atoms with Crippen LogP contribution in [0, 0.1) is 10.1 Å². The summed E-state index contributed by atoms with van der Waals surface area (Å²) in [6.45, 7) is 3.76. The summed E-state index contributed by atoms with van der Waals surface area (Å²) in [7, 11) is -0.451. The van der Waals surface area contributed by atoms with Crippen molar-refractivity contribution in [1.29, 1.82) is 0 Å². The topological polar surface area (TPSA) is 102 Å². The number of allylic oxidation sites excluding steroid dienone is 1. The van der Waals surface area contributed by atoms with E-state index in [0.29, 0.717) is 31.9 Å². The molecule has 2 aromatic rings. The van der Waals surface area contributed by atoms with Crippen molar-refractivity contribution in [3.63, 3.8) is 0 Å². The molecular formula is C21H25N3O6S. The summed E-state index contributed by atoms with van der Waals surface area (Å²) >= 11 is 0. The van der Waals surface area contributed by atoms with Crippen LogP contribution in [0.25, 0.3) is 6.08 Å². The zero-order chi connectivity index (χ0) is 22.6. The van der Waals surface area contributed by atoms with Crippen molar-refractivity contribution < 1.29 is 22.8 Å². The third kappa shape index (κ3) is 5.04. The van der Waals surface area contributed by atoms with Gasteiger partial charge in [0.05, 0.1) is 16.9 Å². The molecule has 1 heterocycles. The number of hydrogen-bond acceptors (Lipinski definition) is 7. The fourth-order valence-corrected chi connectivity index (χ4v) is 4.69. The van der Waals surface area contributed by atoms with Gasteiger partial charge in [0.15, 0.2) is 11.5 Å². The fraction of sp³-hybridized carbons (Fsp3) is 0.333. The maximum atomic E-state index is 13.0. The third-order valence-corrected chi connectivity index (χ3v) is 6.89. The molecular weight excluding hydrogens is 422 g/mol. The molecule has 1 saturated heterocycles. The van der Waals surface area contributed by atoms with Crippen LogP contribution in [0.2, 0.25) is 0 Å². The Kier molecular flexibility index (Phi) is 6.94.